The maximum atomic E-state index is 12.7. The van der Waals surface area contributed by atoms with Gasteiger partial charge in [0.25, 0.3) is 5.91 Å². The zero-order valence-corrected chi connectivity index (χ0v) is 16.9. The Morgan fingerprint density at radius 2 is 1.93 bits per heavy atom. The Balaban J connectivity index is 1.60. The summed E-state index contributed by atoms with van der Waals surface area (Å²) in [6.07, 6.45) is 1.23. The molecule has 2 N–H and O–H groups in total. The fourth-order valence-corrected chi connectivity index (χ4v) is 4.22. The molecule has 6 heteroatoms. The lowest BCUT2D eigenvalue weighted by molar-refractivity contribution is -0.116. The molecule has 1 aliphatic heterocycles. The molecule has 0 aliphatic carbocycles. The number of carbonyl (C=O) groups is 2. The fraction of sp³-hybridized carbons (Fsp3) is 0.227. The Morgan fingerprint density at radius 3 is 2.75 bits per heavy atom. The van der Waals surface area contributed by atoms with Crippen molar-refractivity contribution in [2.24, 2.45) is 0 Å². The molecule has 0 fully saturated rings. The molecule has 142 valence electrons. The fourth-order valence-electron chi connectivity index (χ4n) is 3.39. The van der Waals surface area contributed by atoms with Crippen LogP contribution in [0.3, 0.4) is 0 Å². The minimum absolute atomic E-state index is 0.0570. The standard InChI is InChI=1S/C22H21N3O2S/c1-12-4-5-13(2)17(10-12)21(27)25-22-24-20(14(3)28-22)16-6-8-18-15(11-16)7-9-19(26)23-18/h4-6,8,10-11H,7,9H2,1-3H3,(H,23,26)(H,24,25,27). The van der Waals surface area contributed by atoms with E-state index in [2.05, 4.69) is 21.7 Å². The van der Waals surface area contributed by atoms with Gasteiger partial charge in [-0.15, -0.1) is 11.3 Å². The molecule has 1 aromatic heterocycles. The number of anilines is 2. The zero-order valence-electron chi connectivity index (χ0n) is 16.1. The van der Waals surface area contributed by atoms with Crippen molar-refractivity contribution in [1.82, 2.24) is 4.98 Å². The first-order chi connectivity index (χ1) is 13.4. The van der Waals surface area contributed by atoms with Crippen LogP contribution < -0.4 is 10.6 Å². The molecule has 2 amide bonds. The van der Waals surface area contributed by atoms with Crippen LogP contribution in [0.5, 0.6) is 0 Å². The summed E-state index contributed by atoms with van der Waals surface area (Å²) >= 11 is 1.47. The first-order valence-electron chi connectivity index (χ1n) is 9.20. The molecule has 3 aromatic rings. The molecule has 0 bridgehead atoms. The van der Waals surface area contributed by atoms with Crippen LogP contribution in [-0.4, -0.2) is 16.8 Å². The molecular formula is C22H21N3O2S. The lowest BCUT2D eigenvalue weighted by Gasteiger charge is -2.17. The van der Waals surface area contributed by atoms with Crippen molar-refractivity contribution in [1.29, 1.82) is 0 Å². The van der Waals surface area contributed by atoms with Gasteiger partial charge in [-0.25, -0.2) is 4.98 Å². The molecule has 1 aliphatic rings. The Hall–Kier alpha value is -2.99. The summed E-state index contributed by atoms with van der Waals surface area (Å²) in [5, 5.41) is 6.42. The van der Waals surface area contributed by atoms with Gasteiger partial charge in [-0.3, -0.25) is 14.9 Å². The van der Waals surface area contributed by atoms with E-state index in [4.69, 9.17) is 0 Å². The number of nitrogens with one attached hydrogen (secondary N) is 2. The van der Waals surface area contributed by atoms with Gasteiger partial charge in [-0.1, -0.05) is 23.8 Å². The van der Waals surface area contributed by atoms with Gasteiger partial charge in [0.1, 0.15) is 0 Å². The largest absolute Gasteiger partial charge is 0.326 e. The molecular weight excluding hydrogens is 370 g/mol. The number of carbonyl (C=O) groups excluding carboxylic acids is 2. The van der Waals surface area contributed by atoms with E-state index in [0.717, 1.165) is 44.9 Å². The third kappa shape index (κ3) is 3.55. The number of amides is 2. The third-order valence-corrected chi connectivity index (χ3v) is 5.82. The number of benzene rings is 2. The second-order valence-corrected chi connectivity index (χ2v) is 8.32. The Labute approximate surface area is 167 Å². The van der Waals surface area contributed by atoms with Crippen LogP contribution in [0.2, 0.25) is 0 Å². The molecule has 5 nitrogen and oxygen atoms in total. The molecule has 0 saturated carbocycles. The summed E-state index contributed by atoms with van der Waals surface area (Å²) in [5.74, 6) is -0.0869. The van der Waals surface area contributed by atoms with Crippen molar-refractivity contribution in [2.75, 3.05) is 10.6 Å². The number of aromatic nitrogens is 1. The van der Waals surface area contributed by atoms with Gasteiger partial charge in [0.2, 0.25) is 5.91 Å². The maximum absolute atomic E-state index is 12.7. The van der Waals surface area contributed by atoms with E-state index in [1.807, 2.05) is 51.1 Å². The quantitative estimate of drug-likeness (QED) is 0.669. The van der Waals surface area contributed by atoms with Crippen LogP contribution in [0, 0.1) is 20.8 Å². The van der Waals surface area contributed by atoms with Crippen molar-refractivity contribution >= 4 is 34.0 Å². The molecule has 0 spiro atoms. The Kier molecular flexibility index (Phi) is 4.73. The normalized spacial score (nSPS) is 13.0. The minimum Gasteiger partial charge on any atom is -0.326 e. The van der Waals surface area contributed by atoms with Crippen molar-refractivity contribution in [3.8, 4) is 11.3 Å². The number of hydrogen-bond donors (Lipinski definition) is 2. The molecule has 2 aromatic carbocycles. The average molecular weight is 391 g/mol. The second-order valence-electron chi connectivity index (χ2n) is 7.12. The maximum Gasteiger partial charge on any atom is 0.257 e. The summed E-state index contributed by atoms with van der Waals surface area (Å²) in [5.41, 5.74) is 6.50. The molecule has 0 atom stereocenters. The highest BCUT2D eigenvalue weighted by Crippen LogP contribution is 2.34. The number of aryl methyl sites for hydroxylation is 4. The number of hydrogen-bond acceptors (Lipinski definition) is 4. The topological polar surface area (TPSA) is 71.1 Å². The highest BCUT2D eigenvalue weighted by atomic mass is 32.1. The van der Waals surface area contributed by atoms with E-state index >= 15 is 0 Å². The Bertz CT molecular complexity index is 1100. The van der Waals surface area contributed by atoms with E-state index in [0.29, 0.717) is 17.1 Å². The van der Waals surface area contributed by atoms with E-state index < -0.39 is 0 Å². The van der Waals surface area contributed by atoms with E-state index in [9.17, 15) is 9.59 Å². The summed E-state index contributed by atoms with van der Waals surface area (Å²) in [6.45, 7) is 5.90. The first-order valence-corrected chi connectivity index (χ1v) is 10.0. The summed E-state index contributed by atoms with van der Waals surface area (Å²) < 4.78 is 0. The van der Waals surface area contributed by atoms with Gasteiger partial charge < -0.3 is 5.32 Å². The highest BCUT2D eigenvalue weighted by molar-refractivity contribution is 7.16. The van der Waals surface area contributed by atoms with Crippen LogP contribution in [0.1, 0.15) is 38.3 Å². The lowest BCUT2D eigenvalue weighted by Crippen LogP contribution is -2.18. The third-order valence-electron chi connectivity index (χ3n) is 4.93. The van der Waals surface area contributed by atoms with Gasteiger partial charge >= 0.3 is 0 Å². The molecule has 28 heavy (non-hydrogen) atoms. The minimum atomic E-state index is -0.144. The SMILES string of the molecule is Cc1ccc(C)c(C(=O)Nc2nc(-c3ccc4c(c3)CCC(=O)N4)c(C)s2)c1. The second kappa shape index (κ2) is 7.20. The van der Waals surface area contributed by atoms with Crippen LogP contribution in [0.4, 0.5) is 10.8 Å². The summed E-state index contributed by atoms with van der Waals surface area (Å²) in [7, 11) is 0. The van der Waals surface area contributed by atoms with Gasteiger partial charge in [0.05, 0.1) is 5.69 Å². The molecule has 0 saturated heterocycles. The predicted octanol–water partition coefficient (Wildman–Crippen LogP) is 4.87. The van der Waals surface area contributed by atoms with Crippen molar-refractivity contribution in [2.45, 2.75) is 33.6 Å². The van der Waals surface area contributed by atoms with Crippen molar-refractivity contribution < 1.29 is 9.59 Å². The van der Waals surface area contributed by atoms with Crippen LogP contribution in [0.15, 0.2) is 36.4 Å². The first kappa shape index (κ1) is 18.4. The monoisotopic (exact) mass is 391 g/mol. The molecule has 4 rings (SSSR count). The number of rotatable bonds is 3. The van der Waals surface area contributed by atoms with Crippen molar-refractivity contribution in [3.05, 3.63) is 63.5 Å². The number of thiazole rings is 1. The lowest BCUT2D eigenvalue weighted by atomic mass is 9.99. The number of fused-ring (bicyclic) bond motifs is 1. The highest BCUT2D eigenvalue weighted by Gasteiger charge is 2.18. The van der Waals surface area contributed by atoms with Gasteiger partial charge in [-0.05, 0) is 56.5 Å². The number of nitrogens with zero attached hydrogens (tertiary/aromatic N) is 1. The van der Waals surface area contributed by atoms with Gasteiger partial charge in [0.15, 0.2) is 5.13 Å². The zero-order chi connectivity index (χ0) is 19.8. The predicted molar refractivity (Wildman–Crippen MR) is 113 cm³/mol. The summed E-state index contributed by atoms with van der Waals surface area (Å²) in [6, 6.07) is 11.8. The average Bonchev–Trinajstić information content (AvgIpc) is 3.03. The van der Waals surface area contributed by atoms with Crippen LogP contribution in [0.25, 0.3) is 11.3 Å². The van der Waals surface area contributed by atoms with Gasteiger partial charge in [-0.2, -0.15) is 0 Å². The smallest absolute Gasteiger partial charge is 0.257 e. The van der Waals surface area contributed by atoms with Crippen LogP contribution in [-0.2, 0) is 11.2 Å². The van der Waals surface area contributed by atoms with Crippen LogP contribution >= 0.6 is 11.3 Å². The molecule has 0 unspecified atom stereocenters. The molecule has 2 heterocycles. The van der Waals surface area contributed by atoms with Gasteiger partial charge in [0, 0.05) is 28.1 Å². The van der Waals surface area contributed by atoms with E-state index in [-0.39, 0.29) is 11.8 Å². The Morgan fingerprint density at radius 1 is 1.11 bits per heavy atom. The van der Waals surface area contributed by atoms with E-state index in [1.165, 1.54) is 11.3 Å². The molecule has 0 radical (unpaired) electrons. The summed E-state index contributed by atoms with van der Waals surface area (Å²) in [4.78, 5) is 29.9. The van der Waals surface area contributed by atoms with Crippen molar-refractivity contribution in [3.63, 3.8) is 0 Å². The van der Waals surface area contributed by atoms with E-state index in [1.54, 1.807) is 0 Å².